The average Bonchev–Trinajstić information content (AvgIpc) is 2.77. The first kappa shape index (κ1) is 21.2. The Kier molecular flexibility index (Phi) is 6.46. The lowest BCUT2D eigenvalue weighted by Gasteiger charge is -2.34. The fraction of sp³-hybridized carbons (Fsp3) is 0.348. The van der Waals surface area contributed by atoms with Gasteiger partial charge in [0.25, 0.3) is 5.91 Å². The van der Waals surface area contributed by atoms with Gasteiger partial charge >= 0.3 is 0 Å². The Bertz CT molecular complexity index is 1130. The number of amidine groups is 1. The summed E-state index contributed by atoms with van der Waals surface area (Å²) < 4.78 is 5.56. The number of hydrogen-bond acceptors (Lipinski definition) is 7. The number of hydrazone groups is 1. The second-order valence-electron chi connectivity index (χ2n) is 7.29. The van der Waals surface area contributed by atoms with Gasteiger partial charge in [-0.25, -0.2) is 5.01 Å². The fourth-order valence-electron chi connectivity index (χ4n) is 3.59. The third kappa shape index (κ3) is 4.39. The topological polar surface area (TPSA) is 86.5 Å². The lowest BCUT2D eigenvalue weighted by molar-refractivity contribution is -0.116. The molecule has 0 saturated heterocycles. The van der Waals surface area contributed by atoms with E-state index >= 15 is 0 Å². The molecule has 31 heavy (non-hydrogen) atoms. The first-order chi connectivity index (χ1) is 15.1. The quantitative estimate of drug-likeness (QED) is 0.649. The van der Waals surface area contributed by atoms with Gasteiger partial charge in [0.05, 0.1) is 12.0 Å². The molecule has 162 valence electrons. The largest absolute Gasteiger partial charge is 0.504 e. The van der Waals surface area contributed by atoms with Crippen molar-refractivity contribution in [1.29, 1.82) is 0 Å². The molecule has 0 aromatic heterocycles. The Hall–Kier alpha value is -3.00. The molecule has 2 aromatic rings. The molecule has 1 amide bonds. The predicted molar refractivity (Wildman–Crippen MR) is 122 cm³/mol. The van der Waals surface area contributed by atoms with Crippen molar-refractivity contribution in [3.8, 4) is 11.5 Å². The third-order valence-electron chi connectivity index (χ3n) is 5.08. The molecule has 2 aromatic carbocycles. The number of thioether (sulfide) groups is 1. The predicted octanol–water partition coefficient (Wildman–Crippen LogP) is 2.86. The molecule has 1 unspecified atom stereocenters. The number of nitrogens with zero attached hydrogens (tertiary/aromatic N) is 3. The third-order valence-corrected chi connectivity index (χ3v) is 6.03. The minimum Gasteiger partial charge on any atom is -0.504 e. The second-order valence-corrected chi connectivity index (χ2v) is 8.37. The highest BCUT2D eigenvalue weighted by Crippen LogP contribution is 2.35. The van der Waals surface area contributed by atoms with E-state index in [-0.39, 0.29) is 11.7 Å². The van der Waals surface area contributed by atoms with Crippen molar-refractivity contribution >= 4 is 28.5 Å². The number of aromatic hydroxyl groups is 1. The van der Waals surface area contributed by atoms with Crippen LogP contribution in [0.15, 0.2) is 52.6 Å². The van der Waals surface area contributed by atoms with Crippen LogP contribution in [-0.2, 0) is 4.79 Å². The zero-order valence-electron chi connectivity index (χ0n) is 17.7. The van der Waals surface area contributed by atoms with Crippen LogP contribution in [0, 0.1) is 0 Å². The summed E-state index contributed by atoms with van der Waals surface area (Å²) in [4.78, 5) is 18.0. The number of benzene rings is 2. The summed E-state index contributed by atoms with van der Waals surface area (Å²) in [7, 11) is 0. The summed E-state index contributed by atoms with van der Waals surface area (Å²) in [5, 5.41) is 21.5. The Morgan fingerprint density at radius 2 is 2.03 bits per heavy atom. The Morgan fingerprint density at radius 1 is 1.19 bits per heavy atom. The van der Waals surface area contributed by atoms with E-state index in [1.807, 2.05) is 31.2 Å². The van der Waals surface area contributed by atoms with Crippen LogP contribution < -0.4 is 20.6 Å². The first-order valence-corrected chi connectivity index (χ1v) is 11.6. The van der Waals surface area contributed by atoms with Crippen molar-refractivity contribution in [3.63, 3.8) is 0 Å². The molecule has 0 radical (unpaired) electrons. The molecule has 7 nitrogen and oxygen atoms in total. The number of rotatable bonds is 7. The molecule has 0 bridgehead atoms. The van der Waals surface area contributed by atoms with Crippen LogP contribution in [0.3, 0.4) is 0 Å². The smallest absolute Gasteiger partial charge is 0.276 e. The van der Waals surface area contributed by atoms with Crippen LogP contribution in [0.2, 0.25) is 0 Å². The van der Waals surface area contributed by atoms with Crippen molar-refractivity contribution in [2.24, 2.45) is 10.1 Å². The van der Waals surface area contributed by atoms with E-state index in [0.717, 1.165) is 41.2 Å². The zero-order valence-corrected chi connectivity index (χ0v) is 18.5. The summed E-state index contributed by atoms with van der Waals surface area (Å²) in [5.74, 6) is 1.15. The maximum atomic E-state index is 13.1. The number of phenolic OH excluding ortho intramolecular Hbond substituents is 1. The van der Waals surface area contributed by atoms with E-state index < -0.39 is 6.17 Å². The number of unbranched alkanes of at least 4 members (excludes halogenated alkanes) is 2. The zero-order chi connectivity index (χ0) is 21.8. The minimum atomic E-state index is -0.540. The van der Waals surface area contributed by atoms with E-state index in [0.29, 0.717) is 23.2 Å². The molecule has 2 heterocycles. The van der Waals surface area contributed by atoms with Gasteiger partial charge in [-0.05, 0) is 31.5 Å². The highest BCUT2D eigenvalue weighted by molar-refractivity contribution is 8.13. The van der Waals surface area contributed by atoms with Crippen molar-refractivity contribution in [2.75, 3.05) is 12.4 Å². The van der Waals surface area contributed by atoms with Gasteiger partial charge < -0.3 is 9.84 Å². The highest BCUT2D eigenvalue weighted by atomic mass is 32.2. The number of hydrogen-bond donors (Lipinski definition) is 2. The number of ether oxygens (including phenoxy) is 1. The molecule has 0 saturated carbocycles. The monoisotopic (exact) mass is 438 g/mol. The highest BCUT2D eigenvalue weighted by Gasteiger charge is 2.34. The normalized spacial score (nSPS) is 17.3. The summed E-state index contributed by atoms with van der Waals surface area (Å²) in [6.07, 6.45) is 2.82. The number of nitrogens with one attached hydrogen (secondary N) is 1. The summed E-state index contributed by atoms with van der Waals surface area (Å²) in [6.45, 7) is 4.46. The van der Waals surface area contributed by atoms with E-state index in [9.17, 15) is 9.90 Å². The number of para-hydroxylation sites is 1. The fourth-order valence-corrected chi connectivity index (χ4v) is 4.45. The van der Waals surface area contributed by atoms with Crippen LogP contribution in [-0.4, -0.2) is 33.6 Å². The summed E-state index contributed by atoms with van der Waals surface area (Å²) >= 11 is 1.55. The van der Waals surface area contributed by atoms with Gasteiger partial charge in [-0.1, -0.05) is 55.8 Å². The summed E-state index contributed by atoms with van der Waals surface area (Å²) in [6, 6.07) is 12.7. The number of amides is 1. The van der Waals surface area contributed by atoms with Gasteiger partial charge in [0.15, 0.2) is 22.8 Å². The second kappa shape index (κ2) is 9.43. The van der Waals surface area contributed by atoms with E-state index in [4.69, 9.17) is 14.8 Å². The van der Waals surface area contributed by atoms with Crippen molar-refractivity contribution in [1.82, 2.24) is 10.3 Å². The molecule has 2 N–H and O–H groups in total. The molecule has 0 spiro atoms. The van der Waals surface area contributed by atoms with Gasteiger partial charge in [0.2, 0.25) is 0 Å². The number of phenols is 1. The Balaban J connectivity index is 1.78. The minimum absolute atomic E-state index is 0.0677. The summed E-state index contributed by atoms with van der Waals surface area (Å²) in [5.41, 5.74) is 1.25. The molecule has 1 atom stereocenters. The van der Waals surface area contributed by atoms with Gasteiger partial charge in [-0.3, -0.25) is 15.1 Å². The molecular formula is C23H26N4O3S. The van der Waals surface area contributed by atoms with Gasteiger partial charge in [-0.15, -0.1) is 5.10 Å². The number of fused-ring (bicyclic) bond motifs is 2. The number of carbonyl (C=O) groups is 1. The Labute approximate surface area is 185 Å². The molecule has 8 heteroatoms. The van der Waals surface area contributed by atoms with Crippen LogP contribution >= 0.6 is 11.8 Å². The van der Waals surface area contributed by atoms with Crippen LogP contribution in [0.1, 0.15) is 44.8 Å². The molecule has 0 aliphatic carbocycles. The van der Waals surface area contributed by atoms with E-state index in [1.54, 1.807) is 35.0 Å². The van der Waals surface area contributed by atoms with Crippen molar-refractivity contribution in [3.05, 3.63) is 58.6 Å². The maximum absolute atomic E-state index is 13.1. The lowest BCUT2D eigenvalue weighted by Crippen LogP contribution is -2.50. The van der Waals surface area contributed by atoms with Crippen LogP contribution in [0.5, 0.6) is 11.5 Å². The van der Waals surface area contributed by atoms with Gasteiger partial charge in [-0.2, -0.15) is 0 Å². The molecular weight excluding hydrogens is 412 g/mol. The standard InChI is InChI=1S/C23H26N4O3S/c1-3-5-8-13-31-23-25-22(29)20-16-9-6-7-10-17(16)24-21(27(20)26-23)15-11-12-18(28)19(14-15)30-4-2/h6-7,9-12,14,21,28H,3-5,8,13H2,1-2H3,(H,25,26,29). The molecule has 2 aliphatic heterocycles. The average molecular weight is 439 g/mol. The SMILES string of the molecule is CCCCCSC1=NN2C(=c3ccccc3=NC2c2ccc(O)c(OCC)c2)C(=O)N1. The van der Waals surface area contributed by atoms with Crippen molar-refractivity contribution < 1.29 is 14.6 Å². The van der Waals surface area contributed by atoms with E-state index in [1.165, 1.54) is 0 Å². The Morgan fingerprint density at radius 3 is 2.84 bits per heavy atom. The lowest BCUT2D eigenvalue weighted by atomic mass is 10.1. The maximum Gasteiger partial charge on any atom is 0.276 e. The van der Waals surface area contributed by atoms with Crippen LogP contribution in [0.25, 0.3) is 5.70 Å². The number of carbonyl (C=O) groups excluding carboxylic acids is 1. The molecule has 4 rings (SSSR count). The molecule has 0 fully saturated rings. The van der Waals surface area contributed by atoms with Crippen LogP contribution in [0.4, 0.5) is 0 Å². The van der Waals surface area contributed by atoms with E-state index in [2.05, 4.69) is 12.2 Å². The van der Waals surface area contributed by atoms with Gasteiger partial charge in [0.1, 0.15) is 5.70 Å². The first-order valence-electron chi connectivity index (χ1n) is 10.6. The molecule has 2 aliphatic rings. The van der Waals surface area contributed by atoms with Gasteiger partial charge in [0, 0.05) is 16.5 Å². The van der Waals surface area contributed by atoms with Crippen molar-refractivity contribution in [2.45, 2.75) is 39.3 Å².